The Morgan fingerprint density at radius 1 is 1.17 bits per heavy atom. The van der Waals surface area contributed by atoms with E-state index in [1.165, 1.54) is 0 Å². The van der Waals surface area contributed by atoms with Crippen molar-refractivity contribution in [3.05, 3.63) is 54.2 Å². The molecule has 0 spiro atoms. The topological polar surface area (TPSA) is 78.1 Å². The van der Waals surface area contributed by atoms with E-state index in [4.69, 9.17) is 0 Å². The number of hydrogen-bond donors (Lipinski definition) is 2. The van der Waals surface area contributed by atoms with Crippen molar-refractivity contribution in [2.75, 3.05) is 16.8 Å². The molecule has 1 aliphatic heterocycles. The first-order chi connectivity index (χ1) is 11.7. The number of aromatic amines is 1. The van der Waals surface area contributed by atoms with Crippen LogP contribution in [0.15, 0.2) is 48.7 Å². The van der Waals surface area contributed by atoms with Gasteiger partial charge in [0.1, 0.15) is 0 Å². The van der Waals surface area contributed by atoms with Gasteiger partial charge in [-0.05, 0) is 48.9 Å². The molecule has 0 unspecified atom stereocenters. The molecular weight excluding hydrogens is 304 g/mol. The van der Waals surface area contributed by atoms with Crippen molar-refractivity contribution >= 4 is 34.1 Å². The number of fused-ring (bicyclic) bond motifs is 1. The molecule has 24 heavy (non-hydrogen) atoms. The van der Waals surface area contributed by atoms with E-state index >= 15 is 0 Å². The van der Waals surface area contributed by atoms with Crippen molar-refractivity contribution in [2.24, 2.45) is 0 Å². The SMILES string of the molecule is O=C(Nc1ccc2[nH]ncc2c1)c1ccc(N2CCCC2=O)cc1. The average Bonchev–Trinajstić information content (AvgIpc) is 3.23. The molecule has 2 heterocycles. The van der Waals surface area contributed by atoms with Crippen molar-refractivity contribution < 1.29 is 9.59 Å². The third-order valence-electron chi connectivity index (χ3n) is 4.21. The molecule has 2 aromatic carbocycles. The van der Waals surface area contributed by atoms with Crippen LogP contribution in [-0.4, -0.2) is 28.6 Å². The summed E-state index contributed by atoms with van der Waals surface area (Å²) in [6, 6.07) is 12.7. The number of hydrogen-bond acceptors (Lipinski definition) is 3. The third-order valence-corrected chi connectivity index (χ3v) is 4.21. The van der Waals surface area contributed by atoms with Crippen LogP contribution in [0.3, 0.4) is 0 Å². The highest BCUT2D eigenvalue weighted by Crippen LogP contribution is 2.22. The van der Waals surface area contributed by atoms with Crippen LogP contribution in [0.5, 0.6) is 0 Å². The lowest BCUT2D eigenvalue weighted by molar-refractivity contribution is -0.117. The van der Waals surface area contributed by atoms with Gasteiger partial charge in [-0.2, -0.15) is 5.10 Å². The smallest absolute Gasteiger partial charge is 0.255 e. The number of nitrogens with zero attached hydrogens (tertiary/aromatic N) is 2. The van der Waals surface area contributed by atoms with Crippen molar-refractivity contribution in [2.45, 2.75) is 12.8 Å². The Kier molecular flexibility index (Phi) is 3.49. The highest BCUT2D eigenvalue weighted by Gasteiger charge is 2.21. The maximum atomic E-state index is 12.4. The standard InChI is InChI=1S/C18H16N4O2/c23-17-2-1-9-22(17)15-6-3-12(4-7-15)18(24)20-14-5-8-16-13(10-14)11-19-21-16/h3-8,10-11H,1-2,9H2,(H,19,21)(H,20,24). The molecule has 0 bridgehead atoms. The minimum Gasteiger partial charge on any atom is -0.322 e. The van der Waals surface area contributed by atoms with E-state index in [0.717, 1.165) is 29.6 Å². The van der Waals surface area contributed by atoms with E-state index < -0.39 is 0 Å². The fourth-order valence-electron chi connectivity index (χ4n) is 2.94. The van der Waals surface area contributed by atoms with Gasteiger partial charge in [-0.15, -0.1) is 0 Å². The molecule has 4 rings (SSSR count). The fourth-order valence-corrected chi connectivity index (χ4v) is 2.94. The summed E-state index contributed by atoms with van der Waals surface area (Å²) in [7, 11) is 0. The minimum absolute atomic E-state index is 0.139. The van der Waals surface area contributed by atoms with E-state index in [2.05, 4.69) is 15.5 Å². The summed E-state index contributed by atoms with van der Waals surface area (Å²) in [6.07, 6.45) is 3.20. The third kappa shape index (κ3) is 2.62. The van der Waals surface area contributed by atoms with Gasteiger partial charge in [0.05, 0.1) is 11.7 Å². The molecule has 1 aromatic heterocycles. The molecule has 3 aromatic rings. The first-order valence-corrected chi connectivity index (χ1v) is 7.86. The molecule has 6 heteroatoms. The molecule has 0 saturated carbocycles. The lowest BCUT2D eigenvalue weighted by atomic mass is 10.1. The number of H-pyrrole nitrogens is 1. The molecule has 2 N–H and O–H groups in total. The highest BCUT2D eigenvalue weighted by molar-refractivity contribution is 6.05. The molecule has 1 fully saturated rings. The zero-order valence-electron chi connectivity index (χ0n) is 13.0. The van der Waals surface area contributed by atoms with Crippen molar-refractivity contribution in [1.82, 2.24) is 10.2 Å². The molecule has 0 aliphatic carbocycles. The summed E-state index contributed by atoms with van der Waals surface area (Å²) >= 11 is 0. The van der Waals surface area contributed by atoms with E-state index in [0.29, 0.717) is 17.7 Å². The molecule has 2 amide bonds. The Bertz CT molecular complexity index is 914. The highest BCUT2D eigenvalue weighted by atomic mass is 16.2. The van der Waals surface area contributed by atoms with Gasteiger partial charge in [-0.3, -0.25) is 14.7 Å². The Morgan fingerprint density at radius 3 is 2.75 bits per heavy atom. The number of nitrogens with one attached hydrogen (secondary N) is 2. The fraction of sp³-hybridized carbons (Fsp3) is 0.167. The second-order valence-electron chi connectivity index (χ2n) is 5.82. The molecule has 120 valence electrons. The molecule has 0 atom stereocenters. The van der Waals surface area contributed by atoms with Gasteiger partial charge in [0, 0.05) is 35.3 Å². The first kappa shape index (κ1) is 14.4. The average molecular weight is 320 g/mol. The normalized spacial score (nSPS) is 14.3. The van der Waals surface area contributed by atoms with Crippen molar-refractivity contribution in [3.63, 3.8) is 0 Å². The second-order valence-corrected chi connectivity index (χ2v) is 5.82. The maximum Gasteiger partial charge on any atom is 0.255 e. The van der Waals surface area contributed by atoms with Crippen molar-refractivity contribution in [1.29, 1.82) is 0 Å². The number of carbonyl (C=O) groups is 2. The lowest BCUT2D eigenvalue weighted by Crippen LogP contribution is -2.23. The van der Waals surface area contributed by atoms with Crippen LogP contribution in [0, 0.1) is 0 Å². The molecular formula is C18H16N4O2. The summed E-state index contributed by atoms with van der Waals surface area (Å²) in [4.78, 5) is 25.9. The Labute approximate surface area is 138 Å². The summed E-state index contributed by atoms with van der Waals surface area (Å²) in [5, 5.41) is 10.7. The van der Waals surface area contributed by atoms with Crippen LogP contribution in [0.2, 0.25) is 0 Å². The van der Waals surface area contributed by atoms with Crippen molar-refractivity contribution in [3.8, 4) is 0 Å². The molecule has 0 radical (unpaired) electrons. The van der Waals surface area contributed by atoms with Crippen LogP contribution < -0.4 is 10.2 Å². The van der Waals surface area contributed by atoms with Crippen LogP contribution in [-0.2, 0) is 4.79 Å². The monoisotopic (exact) mass is 320 g/mol. The largest absolute Gasteiger partial charge is 0.322 e. The predicted octanol–water partition coefficient (Wildman–Crippen LogP) is 2.94. The Morgan fingerprint density at radius 2 is 2.00 bits per heavy atom. The molecule has 6 nitrogen and oxygen atoms in total. The minimum atomic E-state index is -0.183. The lowest BCUT2D eigenvalue weighted by Gasteiger charge is -2.15. The van der Waals surface area contributed by atoms with E-state index in [1.807, 2.05) is 30.3 Å². The van der Waals surface area contributed by atoms with Gasteiger partial charge in [0.2, 0.25) is 5.91 Å². The Balaban J connectivity index is 1.50. The van der Waals surface area contributed by atoms with Crippen LogP contribution in [0.25, 0.3) is 10.9 Å². The zero-order valence-corrected chi connectivity index (χ0v) is 13.0. The van der Waals surface area contributed by atoms with Gasteiger partial charge in [0.25, 0.3) is 5.91 Å². The summed E-state index contributed by atoms with van der Waals surface area (Å²) < 4.78 is 0. The number of anilines is 2. The van der Waals surface area contributed by atoms with Gasteiger partial charge >= 0.3 is 0 Å². The van der Waals surface area contributed by atoms with Crippen LogP contribution in [0.4, 0.5) is 11.4 Å². The van der Waals surface area contributed by atoms with Gasteiger partial charge in [0.15, 0.2) is 0 Å². The summed E-state index contributed by atoms with van der Waals surface area (Å²) in [5.74, 6) is -0.0437. The second kappa shape index (κ2) is 5.81. The maximum absolute atomic E-state index is 12.4. The van der Waals surface area contributed by atoms with Gasteiger partial charge in [-0.1, -0.05) is 0 Å². The number of aromatic nitrogens is 2. The van der Waals surface area contributed by atoms with Gasteiger partial charge in [-0.25, -0.2) is 0 Å². The van der Waals surface area contributed by atoms with E-state index in [1.54, 1.807) is 23.2 Å². The van der Waals surface area contributed by atoms with Gasteiger partial charge < -0.3 is 10.2 Å². The molecule has 1 aliphatic rings. The number of rotatable bonds is 3. The first-order valence-electron chi connectivity index (χ1n) is 7.86. The zero-order chi connectivity index (χ0) is 16.5. The van der Waals surface area contributed by atoms with E-state index in [-0.39, 0.29) is 11.8 Å². The van der Waals surface area contributed by atoms with Crippen LogP contribution >= 0.6 is 0 Å². The number of amides is 2. The molecule has 1 saturated heterocycles. The van der Waals surface area contributed by atoms with E-state index in [9.17, 15) is 9.59 Å². The number of benzene rings is 2. The summed E-state index contributed by atoms with van der Waals surface area (Å²) in [5.41, 5.74) is 3.03. The summed E-state index contributed by atoms with van der Waals surface area (Å²) in [6.45, 7) is 0.745. The predicted molar refractivity (Wildman–Crippen MR) is 92.1 cm³/mol. The Hall–Kier alpha value is -3.15. The number of carbonyl (C=O) groups excluding carboxylic acids is 2. The quantitative estimate of drug-likeness (QED) is 0.779. The van der Waals surface area contributed by atoms with Crippen LogP contribution in [0.1, 0.15) is 23.2 Å².